The van der Waals surface area contributed by atoms with E-state index in [0.717, 1.165) is 17.0 Å². The topological polar surface area (TPSA) is 53.1 Å². The van der Waals surface area contributed by atoms with Crippen LogP contribution in [-0.4, -0.2) is 15.7 Å². The van der Waals surface area contributed by atoms with Crippen molar-refractivity contribution in [3.8, 4) is 11.4 Å². The van der Waals surface area contributed by atoms with Crippen molar-refractivity contribution in [2.24, 2.45) is 0 Å². The number of imidazole rings is 1. The molecular formula is C16H16ClN3O. The summed E-state index contributed by atoms with van der Waals surface area (Å²) in [6.07, 6.45) is 0.147. The third-order valence-electron chi connectivity index (χ3n) is 3.13. The number of nitrogens with two attached hydrogens (primary N) is 1. The Morgan fingerprint density at radius 2 is 1.86 bits per heavy atom. The molecule has 21 heavy (non-hydrogen) atoms. The minimum Gasteiger partial charge on any atom is -0.491 e. The van der Waals surface area contributed by atoms with Crippen molar-refractivity contribution in [1.82, 2.24) is 9.55 Å². The summed E-state index contributed by atoms with van der Waals surface area (Å²) >= 11 is 6.16. The first-order valence-corrected chi connectivity index (χ1v) is 7.13. The van der Waals surface area contributed by atoms with Crippen molar-refractivity contribution in [2.75, 3.05) is 5.73 Å². The Morgan fingerprint density at radius 3 is 2.52 bits per heavy atom. The molecule has 3 rings (SSSR count). The molecule has 0 fully saturated rings. The minimum atomic E-state index is 0.147. The lowest BCUT2D eigenvalue weighted by Crippen LogP contribution is -2.05. The smallest absolute Gasteiger partial charge is 0.205 e. The molecule has 0 amide bonds. The van der Waals surface area contributed by atoms with Crippen LogP contribution in [0.4, 0.5) is 5.95 Å². The third kappa shape index (κ3) is 2.54. The van der Waals surface area contributed by atoms with Gasteiger partial charge < -0.3 is 10.5 Å². The molecule has 0 saturated heterocycles. The van der Waals surface area contributed by atoms with E-state index in [1.807, 2.05) is 54.8 Å². The Balaban J connectivity index is 2.08. The quantitative estimate of drug-likeness (QED) is 0.794. The number of ether oxygens (including phenoxy) is 1. The van der Waals surface area contributed by atoms with Gasteiger partial charge in [-0.1, -0.05) is 17.7 Å². The van der Waals surface area contributed by atoms with Crippen molar-refractivity contribution < 1.29 is 4.74 Å². The van der Waals surface area contributed by atoms with Crippen LogP contribution in [0.25, 0.3) is 16.7 Å². The van der Waals surface area contributed by atoms with Gasteiger partial charge in [-0.25, -0.2) is 4.98 Å². The maximum Gasteiger partial charge on any atom is 0.205 e. The maximum atomic E-state index is 6.16. The molecule has 108 valence electrons. The molecule has 0 atom stereocenters. The summed E-state index contributed by atoms with van der Waals surface area (Å²) in [5.41, 5.74) is 8.55. The lowest BCUT2D eigenvalue weighted by Gasteiger charge is -2.11. The highest BCUT2D eigenvalue weighted by Crippen LogP contribution is 2.28. The summed E-state index contributed by atoms with van der Waals surface area (Å²) in [4.78, 5) is 4.34. The molecule has 0 aliphatic carbocycles. The predicted molar refractivity (Wildman–Crippen MR) is 86.3 cm³/mol. The fourth-order valence-electron chi connectivity index (χ4n) is 2.30. The molecule has 0 aliphatic heterocycles. The number of benzene rings is 2. The summed E-state index contributed by atoms with van der Waals surface area (Å²) in [6.45, 7) is 3.99. The van der Waals surface area contributed by atoms with Gasteiger partial charge in [0.25, 0.3) is 0 Å². The van der Waals surface area contributed by atoms with Gasteiger partial charge in [-0.15, -0.1) is 0 Å². The van der Waals surface area contributed by atoms with Crippen LogP contribution in [0.15, 0.2) is 42.5 Å². The number of fused-ring (bicyclic) bond motifs is 1. The minimum absolute atomic E-state index is 0.147. The van der Waals surface area contributed by atoms with Gasteiger partial charge in [-0.2, -0.15) is 0 Å². The van der Waals surface area contributed by atoms with Crippen molar-refractivity contribution in [2.45, 2.75) is 20.0 Å². The van der Waals surface area contributed by atoms with Gasteiger partial charge in [0, 0.05) is 5.69 Å². The Bertz CT molecular complexity index is 778. The number of aromatic nitrogens is 2. The van der Waals surface area contributed by atoms with E-state index in [0.29, 0.717) is 16.5 Å². The number of rotatable bonds is 3. The lowest BCUT2D eigenvalue weighted by molar-refractivity contribution is 0.242. The molecule has 0 bridgehead atoms. The second-order valence-corrected chi connectivity index (χ2v) is 5.48. The zero-order valence-electron chi connectivity index (χ0n) is 11.9. The standard InChI is InChI=1S/C16H16ClN3O/c1-10(2)21-12-8-6-11(7-9-12)20-14-5-3-4-13(17)15(14)19-16(20)18/h3-10H,1-2H3,(H2,18,19). The number of nitrogens with zero attached hydrogens (tertiary/aromatic N) is 2. The molecule has 3 aromatic rings. The molecule has 2 aromatic carbocycles. The summed E-state index contributed by atoms with van der Waals surface area (Å²) in [6, 6.07) is 13.4. The lowest BCUT2D eigenvalue weighted by atomic mass is 10.2. The number of anilines is 1. The normalized spacial score (nSPS) is 11.2. The highest BCUT2D eigenvalue weighted by atomic mass is 35.5. The van der Waals surface area contributed by atoms with Crippen molar-refractivity contribution in [3.05, 3.63) is 47.5 Å². The van der Waals surface area contributed by atoms with Crippen LogP contribution >= 0.6 is 11.6 Å². The molecule has 5 heteroatoms. The summed E-state index contributed by atoms with van der Waals surface area (Å²) in [5, 5.41) is 0.595. The van der Waals surface area contributed by atoms with Crippen LogP contribution in [-0.2, 0) is 0 Å². The Hall–Kier alpha value is -2.20. The van der Waals surface area contributed by atoms with Crippen LogP contribution in [0.1, 0.15) is 13.8 Å². The van der Waals surface area contributed by atoms with Gasteiger partial charge in [0.05, 0.1) is 16.6 Å². The predicted octanol–water partition coefficient (Wildman–Crippen LogP) is 4.05. The molecule has 4 nitrogen and oxygen atoms in total. The van der Waals surface area contributed by atoms with Gasteiger partial charge in [-0.05, 0) is 50.2 Å². The van der Waals surface area contributed by atoms with Crippen LogP contribution in [0.2, 0.25) is 5.02 Å². The molecule has 0 saturated carbocycles. The molecule has 1 heterocycles. The van der Waals surface area contributed by atoms with E-state index >= 15 is 0 Å². The number of halogens is 1. The Kier molecular flexibility index (Phi) is 3.47. The summed E-state index contributed by atoms with van der Waals surface area (Å²) < 4.78 is 7.52. The van der Waals surface area contributed by atoms with E-state index in [1.54, 1.807) is 6.07 Å². The van der Waals surface area contributed by atoms with E-state index < -0.39 is 0 Å². The maximum absolute atomic E-state index is 6.16. The first-order chi connectivity index (χ1) is 10.1. The zero-order chi connectivity index (χ0) is 15.0. The zero-order valence-corrected chi connectivity index (χ0v) is 12.6. The SMILES string of the molecule is CC(C)Oc1ccc(-n2c(N)nc3c(Cl)cccc32)cc1. The van der Waals surface area contributed by atoms with Gasteiger partial charge in [0.1, 0.15) is 11.3 Å². The third-order valence-corrected chi connectivity index (χ3v) is 3.43. The number of hydrogen-bond acceptors (Lipinski definition) is 3. The summed E-state index contributed by atoms with van der Waals surface area (Å²) in [7, 11) is 0. The van der Waals surface area contributed by atoms with E-state index in [9.17, 15) is 0 Å². The highest BCUT2D eigenvalue weighted by molar-refractivity contribution is 6.35. The molecule has 0 spiro atoms. The van der Waals surface area contributed by atoms with Crippen molar-refractivity contribution >= 4 is 28.6 Å². The highest BCUT2D eigenvalue weighted by Gasteiger charge is 2.12. The van der Waals surface area contributed by atoms with Crippen LogP contribution in [0, 0.1) is 0 Å². The molecule has 2 N–H and O–H groups in total. The second-order valence-electron chi connectivity index (χ2n) is 5.07. The van der Waals surface area contributed by atoms with Crippen molar-refractivity contribution in [3.63, 3.8) is 0 Å². The van der Waals surface area contributed by atoms with E-state index in [2.05, 4.69) is 4.98 Å². The molecule has 0 aliphatic rings. The van der Waals surface area contributed by atoms with E-state index in [4.69, 9.17) is 22.1 Å². The first-order valence-electron chi connectivity index (χ1n) is 6.76. The fraction of sp³-hybridized carbons (Fsp3) is 0.188. The number of para-hydroxylation sites is 1. The Labute approximate surface area is 128 Å². The molecule has 0 unspecified atom stereocenters. The largest absolute Gasteiger partial charge is 0.491 e. The summed E-state index contributed by atoms with van der Waals surface area (Å²) in [5.74, 6) is 1.24. The van der Waals surface area contributed by atoms with Crippen LogP contribution in [0.3, 0.4) is 0 Å². The average molecular weight is 302 g/mol. The van der Waals surface area contributed by atoms with Gasteiger partial charge in [-0.3, -0.25) is 4.57 Å². The number of hydrogen-bond donors (Lipinski definition) is 1. The number of nitrogen functional groups attached to an aromatic ring is 1. The molecular weight excluding hydrogens is 286 g/mol. The molecule has 0 radical (unpaired) electrons. The average Bonchev–Trinajstić information content (AvgIpc) is 2.77. The molecule has 1 aromatic heterocycles. The van der Waals surface area contributed by atoms with Gasteiger partial charge >= 0.3 is 0 Å². The van der Waals surface area contributed by atoms with Gasteiger partial charge in [0.2, 0.25) is 5.95 Å². The van der Waals surface area contributed by atoms with E-state index in [1.165, 1.54) is 0 Å². The first kappa shape index (κ1) is 13.8. The Morgan fingerprint density at radius 1 is 1.14 bits per heavy atom. The van der Waals surface area contributed by atoms with E-state index in [-0.39, 0.29) is 6.10 Å². The van der Waals surface area contributed by atoms with Crippen molar-refractivity contribution in [1.29, 1.82) is 0 Å². The fourth-order valence-corrected chi connectivity index (χ4v) is 2.51. The monoisotopic (exact) mass is 301 g/mol. The van der Waals surface area contributed by atoms with Gasteiger partial charge in [0.15, 0.2) is 0 Å². The second kappa shape index (κ2) is 5.30. The van der Waals surface area contributed by atoms with Crippen LogP contribution in [0.5, 0.6) is 5.75 Å². The van der Waals surface area contributed by atoms with Crippen LogP contribution < -0.4 is 10.5 Å².